The van der Waals surface area contributed by atoms with Crippen LogP contribution in [-0.4, -0.2) is 16.7 Å². The van der Waals surface area contributed by atoms with Crippen LogP contribution in [0.4, 0.5) is 0 Å². The van der Waals surface area contributed by atoms with Gasteiger partial charge in [0.1, 0.15) is 11.2 Å². The Labute approximate surface area is 80.9 Å². The van der Waals surface area contributed by atoms with Gasteiger partial charge in [-0.2, -0.15) is 5.26 Å². The molecular formula is C9H7ClN2O. The summed E-state index contributed by atoms with van der Waals surface area (Å²) in [7, 11) is 0. The number of nitriles is 1. The van der Waals surface area contributed by atoms with E-state index < -0.39 is 0 Å². The van der Waals surface area contributed by atoms with Gasteiger partial charge >= 0.3 is 0 Å². The summed E-state index contributed by atoms with van der Waals surface area (Å²) >= 11 is 5.74. The summed E-state index contributed by atoms with van der Waals surface area (Å²) in [5.41, 5.74) is 1.08. The van der Waals surface area contributed by atoms with Crippen molar-refractivity contribution in [3.63, 3.8) is 0 Å². The topological polar surface area (TPSA) is 56.9 Å². The molecule has 1 rings (SSSR count). The number of aromatic nitrogens is 1. The number of aliphatic hydroxyl groups excluding tert-OH is 1. The third kappa shape index (κ3) is 2.55. The minimum atomic E-state index is -0.0624. The molecule has 1 heterocycles. The molecule has 0 fully saturated rings. The molecular weight excluding hydrogens is 188 g/mol. The zero-order valence-electron chi connectivity index (χ0n) is 6.74. The van der Waals surface area contributed by atoms with Crippen molar-refractivity contribution in [1.82, 2.24) is 4.98 Å². The fraction of sp³-hybridized carbons (Fsp3) is 0.111. The van der Waals surface area contributed by atoms with Gasteiger partial charge in [-0.05, 0) is 6.07 Å². The summed E-state index contributed by atoms with van der Waals surface area (Å²) in [4.78, 5) is 3.81. The van der Waals surface area contributed by atoms with Crippen LogP contribution in [0.3, 0.4) is 0 Å². The van der Waals surface area contributed by atoms with Crippen LogP contribution < -0.4 is 0 Å². The molecule has 0 bridgehead atoms. The third-order valence-electron chi connectivity index (χ3n) is 1.40. The zero-order valence-corrected chi connectivity index (χ0v) is 7.49. The van der Waals surface area contributed by atoms with Gasteiger partial charge in [0, 0.05) is 11.8 Å². The van der Waals surface area contributed by atoms with Crippen LogP contribution in [0.25, 0.3) is 6.08 Å². The lowest BCUT2D eigenvalue weighted by Gasteiger charge is -1.96. The normalized spacial score (nSPS) is 10.2. The second-order valence-corrected chi connectivity index (χ2v) is 2.66. The minimum Gasteiger partial charge on any atom is -0.392 e. The smallest absolute Gasteiger partial charge is 0.136 e. The average molecular weight is 195 g/mol. The molecule has 0 spiro atoms. The molecule has 66 valence electrons. The Bertz CT molecular complexity index is 368. The van der Waals surface area contributed by atoms with E-state index in [1.807, 2.05) is 6.07 Å². The maximum absolute atomic E-state index is 8.57. The average Bonchev–Trinajstić information content (AvgIpc) is 2.17. The van der Waals surface area contributed by atoms with Gasteiger partial charge in [0.05, 0.1) is 12.2 Å². The molecule has 0 aliphatic heterocycles. The summed E-state index contributed by atoms with van der Waals surface area (Å²) in [6.45, 7) is -0.0624. The Morgan fingerprint density at radius 2 is 2.46 bits per heavy atom. The predicted octanol–water partition coefficient (Wildman–Crippen LogP) is 1.61. The van der Waals surface area contributed by atoms with Crippen molar-refractivity contribution >= 4 is 17.7 Å². The van der Waals surface area contributed by atoms with Crippen LogP contribution in [0.5, 0.6) is 0 Å². The molecule has 0 aliphatic rings. The standard InChI is InChI=1S/C9H7ClN2O/c10-9-8(2-1-3-13)4-7(5-11)6-12-9/h1-2,4,6,13H,3H2. The molecule has 4 heteroatoms. The Morgan fingerprint density at radius 3 is 3.08 bits per heavy atom. The lowest BCUT2D eigenvalue weighted by atomic mass is 10.2. The Hall–Kier alpha value is -1.37. The molecule has 0 saturated carbocycles. The van der Waals surface area contributed by atoms with E-state index in [9.17, 15) is 0 Å². The van der Waals surface area contributed by atoms with Gasteiger partial charge in [0.15, 0.2) is 0 Å². The predicted molar refractivity (Wildman–Crippen MR) is 50.1 cm³/mol. The SMILES string of the molecule is N#Cc1cnc(Cl)c(C=CCO)c1. The van der Waals surface area contributed by atoms with E-state index in [1.54, 1.807) is 12.1 Å². The van der Waals surface area contributed by atoms with Crippen molar-refractivity contribution in [2.45, 2.75) is 0 Å². The third-order valence-corrected chi connectivity index (χ3v) is 1.71. The summed E-state index contributed by atoms with van der Waals surface area (Å²) in [5.74, 6) is 0. The van der Waals surface area contributed by atoms with E-state index in [-0.39, 0.29) is 6.61 Å². The van der Waals surface area contributed by atoms with E-state index in [1.165, 1.54) is 12.3 Å². The number of halogens is 1. The maximum atomic E-state index is 8.57. The fourth-order valence-corrected chi connectivity index (χ4v) is 0.989. The first kappa shape index (κ1) is 9.72. The van der Waals surface area contributed by atoms with Crippen molar-refractivity contribution in [2.75, 3.05) is 6.61 Å². The molecule has 3 nitrogen and oxygen atoms in total. The quantitative estimate of drug-likeness (QED) is 0.728. The summed E-state index contributed by atoms with van der Waals surface area (Å²) in [6, 6.07) is 3.57. The minimum absolute atomic E-state index is 0.0624. The van der Waals surface area contributed by atoms with Gasteiger partial charge < -0.3 is 5.11 Å². The number of hydrogen-bond donors (Lipinski definition) is 1. The largest absolute Gasteiger partial charge is 0.392 e. The molecule has 0 saturated heterocycles. The number of pyridine rings is 1. The van der Waals surface area contributed by atoms with Crippen molar-refractivity contribution < 1.29 is 5.11 Å². The lowest BCUT2D eigenvalue weighted by molar-refractivity contribution is 0.343. The molecule has 0 unspecified atom stereocenters. The highest BCUT2D eigenvalue weighted by molar-refractivity contribution is 6.30. The first-order chi connectivity index (χ1) is 6.27. The summed E-state index contributed by atoms with van der Waals surface area (Å²) < 4.78 is 0. The molecule has 0 atom stereocenters. The molecule has 13 heavy (non-hydrogen) atoms. The second kappa shape index (κ2) is 4.61. The molecule has 0 aromatic carbocycles. The lowest BCUT2D eigenvalue weighted by Crippen LogP contribution is -1.84. The van der Waals surface area contributed by atoms with Gasteiger partial charge in [-0.15, -0.1) is 0 Å². The first-order valence-corrected chi connectivity index (χ1v) is 3.98. The fourth-order valence-electron chi connectivity index (χ4n) is 0.823. The number of aliphatic hydroxyl groups is 1. The Balaban J connectivity index is 3.06. The summed E-state index contributed by atoms with van der Waals surface area (Å²) in [5, 5.41) is 17.4. The number of nitrogens with zero attached hydrogens (tertiary/aromatic N) is 2. The monoisotopic (exact) mass is 194 g/mol. The Kier molecular flexibility index (Phi) is 3.44. The van der Waals surface area contributed by atoms with E-state index in [0.717, 1.165) is 0 Å². The second-order valence-electron chi connectivity index (χ2n) is 2.30. The van der Waals surface area contributed by atoms with Gasteiger partial charge in [-0.3, -0.25) is 0 Å². The van der Waals surface area contributed by atoms with Crippen LogP contribution in [0.2, 0.25) is 5.15 Å². The Morgan fingerprint density at radius 1 is 1.69 bits per heavy atom. The van der Waals surface area contributed by atoms with Crippen molar-refractivity contribution in [1.29, 1.82) is 5.26 Å². The molecule has 0 amide bonds. The number of rotatable bonds is 2. The van der Waals surface area contributed by atoms with Crippen molar-refractivity contribution in [2.24, 2.45) is 0 Å². The van der Waals surface area contributed by atoms with E-state index in [2.05, 4.69) is 4.98 Å². The van der Waals surface area contributed by atoms with Crippen LogP contribution in [-0.2, 0) is 0 Å². The van der Waals surface area contributed by atoms with E-state index >= 15 is 0 Å². The molecule has 0 radical (unpaired) electrons. The molecule has 0 aliphatic carbocycles. The molecule has 1 aromatic rings. The van der Waals surface area contributed by atoms with Crippen molar-refractivity contribution in [3.05, 3.63) is 34.6 Å². The van der Waals surface area contributed by atoms with Gasteiger partial charge in [-0.25, -0.2) is 4.98 Å². The van der Waals surface area contributed by atoms with E-state index in [0.29, 0.717) is 16.3 Å². The first-order valence-electron chi connectivity index (χ1n) is 3.61. The van der Waals surface area contributed by atoms with Gasteiger partial charge in [-0.1, -0.05) is 23.8 Å². The highest BCUT2D eigenvalue weighted by Gasteiger charge is 1.99. The molecule has 1 N–H and O–H groups in total. The zero-order chi connectivity index (χ0) is 9.68. The van der Waals surface area contributed by atoms with Gasteiger partial charge in [0.25, 0.3) is 0 Å². The van der Waals surface area contributed by atoms with E-state index in [4.69, 9.17) is 22.0 Å². The highest BCUT2D eigenvalue weighted by Crippen LogP contribution is 2.15. The maximum Gasteiger partial charge on any atom is 0.136 e. The van der Waals surface area contributed by atoms with Crippen LogP contribution >= 0.6 is 11.6 Å². The number of hydrogen-bond acceptors (Lipinski definition) is 3. The molecule has 1 aromatic heterocycles. The van der Waals surface area contributed by atoms with Crippen LogP contribution in [0, 0.1) is 11.3 Å². The summed E-state index contributed by atoms with van der Waals surface area (Å²) in [6.07, 6.45) is 4.55. The van der Waals surface area contributed by atoms with Gasteiger partial charge in [0.2, 0.25) is 0 Å². The van der Waals surface area contributed by atoms with Crippen molar-refractivity contribution in [3.8, 4) is 6.07 Å². The highest BCUT2D eigenvalue weighted by atomic mass is 35.5. The van der Waals surface area contributed by atoms with Crippen LogP contribution in [0.15, 0.2) is 18.3 Å². The van der Waals surface area contributed by atoms with Crippen LogP contribution in [0.1, 0.15) is 11.1 Å².